The van der Waals surface area contributed by atoms with Crippen molar-refractivity contribution in [2.45, 2.75) is 31.0 Å². The van der Waals surface area contributed by atoms with Crippen LogP contribution in [-0.4, -0.2) is 37.0 Å². The molecule has 0 saturated carbocycles. The molecule has 20 heavy (non-hydrogen) atoms. The largest absolute Gasteiger partial charge is 0.452 e. The van der Waals surface area contributed by atoms with Gasteiger partial charge in [-0.25, -0.2) is 4.98 Å². The number of halogens is 3. The molecule has 0 bridgehead atoms. The van der Waals surface area contributed by atoms with Gasteiger partial charge >= 0.3 is 6.18 Å². The van der Waals surface area contributed by atoms with Crippen LogP contribution in [0.25, 0.3) is 5.65 Å². The number of hydrogen-bond donors (Lipinski definition) is 1. The topological polar surface area (TPSA) is 63.3 Å². The molecule has 9 heteroatoms. The van der Waals surface area contributed by atoms with E-state index in [2.05, 4.69) is 15.2 Å². The second-order valence-electron chi connectivity index (χ2n) is 4.16. The predicted octanol–water partition coefficient (Wildman–Crippen LogP) is 2.32. The molecule has 2 aromatic rings. The standard InChI is InChI=1S/C11H13F3N4OS/c1-7-6-15-9(20-5-3-2-4-19)8-16-17-10(18(7)8)11(12,13)14/h6,19H,2-5H2,1H3. The Morgan fingerprint density at radius 3 is 2.70 bits per heavy atom. The van der Waals surface area contributed by atoms with Gasteiger partial charge in [-0.05, 0) is 25.5 Å². The average molecular weight is 306 g/mol. The maximum Gasteiger partial charge on any atom is 0.452 e. The summed E-state index contributed by atoms with van der Waals surface area (Å²) in [5.74, 6) is -0.384. The molecule has 0 aromatic carbocycles. The van der Waals surface area contributed by atoms with E-state index in [-0.39, 0.29) is 12.3 Å². The van der Waals surface area contributed by atoms with E-state index in [4.69, 9.17) is 5.11 Å². The summed E-state index contributed by atoms with van der Waals surface area (Å²) >= 11 is 1.31. The zero-order chi connectivity index (χ0) is 14.8. The third-order valence-corrected chi connectivity index (χ3v) is 3.67. The molecule has 0 radical (unpaired) electrons. The predicted molar refractivity (Wildman–Crippen MR) is 67.6 cm³/mol. The fraction of sp³-hybridized carbons (Fsp3) is 0.545. The van der Waals surface area contributed by atoms with Crippen LogP contribution < -0.4 is 0 Å². The van der Waals surface area contributed by atoms with Crippen molar-refractivity contribution in [1.29, 1.82) is 0 Å². The van der Waals surface area contributed by atoms with Crippen molar-refractivity contribution in [3.8, 4) is 0 Å². The van der Waals surface area contributed by atoms with Crippen molar-refractivity contribution < 1.29 is 18.3 Å². The Labute approximate surface area is 117 Å². The van der Waals surface area contributed by atoms with E-state index in [1.807, 2.05) is 0 Å². The van der Waals surface area contributed by atoms with E-state index in [9.17, 15) is 13.2 Å². The average Bonchev–Trinajstić information content (AvgIpc) is 2.82. The minimum atomic E-state index is -4.55. The summed E-state index contributed by atoms with van der Waals surface area (Å²) in [6.45, 7) is 1.62. The fourth-order valence-corrected chi connectivity index (χ4v) is 2.62. The van der Waals surface area contributed by atoms with E-state index >= 15 is 0 Å². The molecule has 0 saturated heterocycles. The van der Waals surface area contributed by atoms with Crippen LogP contribution in [0.15, 0.2) is 11.2 Å². The van der Waals surface area contributed by atoms with Gasteiger partial charge in [-0.2, -0.15) is 13.2 Å². The van der Waals surface area contributed by atoms with E-state index in [1.54, 1.807) is 0 Å². The molecular weight excluding hydrogens is 293 g/mol. The van der Waals surface area contributed by atoms with E-state index in [0.29, 0.717) is 22.9 Å². The number of alkyl halides is 3. The highest BCUT2D eigenvalue weighted by molar-refractivity contribution is 7.99. The molecule has 110 valence electrons. The first-order chi connectivity index (χ1) is 9.45. The summed E-state index contributed by atoms with van der Waals surface area (Å²) < 4.78 is 39.5. The van der Waals surface area contributed by atoms with Gasteiger partial charge in [0, 0.05) is 18.5 Å². The highest BCUT2D eigenvalue weighted by Gasteiger charge is 2.37. The smallest absolute Gasteiger partial charge is 0.396 e. The molecule has 0 atom stereocenters. The molecule has 0 aliphatic heterocycles. The van der Waals surface area contributed by atoms with Crippen LogP contribution in [0.4, 0.5) is 13.2 Å². The van der Waals surface area contributed by atoms with Crippen molar-refractivity contribution in [1.82, 2.24) is 19.6 Å². The highest BCUT2D eigenvalue weighted by atomic mass is 32.2. The van der Waals surface area contributed by atoms with Gasteiger partial charge in [0.2, 0.25) is 5.82 Å². The van der Waals surface area contributed by atoms with Gasteiger partial charge in [-0.15, -0.1) is 22.0 Å². The Morgan fingerprint density at radius 2 is 2.05 bits per heavy atom. The van der Waals surface area contributed by atoms with Crippen LogP contribution in [0.3, 0.4) is 0 Å². The van der Waals surface area contributed by atoms with Crippen LogP contribution in [0.5, 0.6) is 0 Å². The lowest BCUT2D eigenvalue weighted by molar-refractivity contribution is -0.145. The Morgan fingerprint density at radius 1 is 1.30 bits per heavy atom. The normalized spacial score (nSPS) is 12.2. The minimum Gasteiger partial charge on any atom is -0.396 e. The minimum absolute atomic E-state index is 0.0977. The monoisotopic (exact) mass is 306 g/mol. The molecule has 0 aliphatic rings. The van der Waals surface area contributed by atoms with Gasteiger partial charge in [0.25, 0.3) is 0 Å². The molecule has 2 aromatic heterocycles. The number of unbranched alkanes of at least 4 members (excludes halogenated alkanes) is 1. The van der Waals surface area contributed by atoms with Crippen molar-refractivity contribution in [3.05, 3.63) is 17.7 Å². The summed E-state index contributed by atoms with van der Waals surface area (Å²) in [5, 5.41) is 15.9. The third kappa shape index (κ3) is 3.04. The first-order valence-electron chi connectivity index (χ1n) is 5.96. The van der Waals surface area contributed by atoms with Crippen molar-refractivity contribution in [2.24, 2.45) is 0 Å². The zero-order valence-electron chi connectivity index (χ0n) is 10.7. The lowest BCUT2D eigenvalue weighted by Crippen LogP contribution is -2.12. The first kappa shape index (κ1) is 15.0. The second kappa shape index (κ2) is 5.96. The molecule has 0 aliphatic carbocycles. The molecule has 0 unspecified atom stereocenters. The lowest BCUT2D eigenvalue weighted by atomic mass is 10.4. The van der Waals surface area contributed by atoms with Crippen molar-refractivity contribution in [3.63, 3.8) is 0 Å². The molecule has 2 heterocycles. The Balaban J connectivity index is 2.34. The Bertz CT molecular complexity index is 599. The molecule has 0 spiro atoms. The van der Waals surface area contributed by atoms with Gasteiger partial charge in [-0.3, -0.25) is 4.40 Å². The number of rotatable bonds is 5. The number of nitrogens with zero attached hydrogens (tertiary/aromatic N) is 4. The van der Waals surface area contributed by atoms with Crippen LogP contribution in [0.1, 0.15) is 24.4 Å². The number of aliphatic hydroxyl groups is 1. The van der Waals surface area contributed by atoms with Crippen LogP contribution in [-0.2, 0) is 6.18 Å². The second-order valence-corrected chi connectivity index (χ2v) is 5.25. The number of aryl methyl sites for hydroxylation is 1. The number of fused-ring (bicyclic) bond motifs is 1. The number of thioether (sulfide) groups is 1. The van der Waals surface area contributed by atoms with E-state index in [0.717, 1.165) is 10.8 Å². The summed E-state index contributed by atoms with van der Waals surface area (Å²) in [4.78, 5) is 4.11. The number of aliphatic hydroxyl groups excluding tert-OH is 1. The highest BCUT2D eigenvalue weighted by Crippen LogP contribution is 2.31. The van der Waals surface area contributed by atoms with E-state index in [1.165, 1.54) is 24.9 Å². The van der Waals surface area contributed by atoms with Crippen molar-refractivity contribution in [2.75, 3.05) is 12.4 Å². The maximum absolute atomic E-state index is 12.8. The number of aromatic nitrogens is 4. The van der Waals surface area contributed by atoms with E-state index < -0.39 is 12.0 Å². The van der Waals surface area contributed by atoms with Gasteiger partial charge in [-0.1, -0.05) is 0 Å². The molecule has 1 N–H and O–H groups in total. The molecule has 2 rings (SSSR count). The summed E-state index contributed by atoms with van der Waals surface area (Å²) in [6, 6.07) is 0. The Hall–Kier alpha value is -1.35. The maximum atomic E-state index is 12.8. The van der Waals surface area contributed by atoms with Crippen LogP contribution in [0.2, 0.25) is 0 Å². The van der Waals surface area contributed by atoms with Gasteiger partial charge in [0.15, 0.2) is 5.65 Å². The molecular formula is C11H13F3N4OS. The zero-order valence-corrected chi connectivity index (χ0v) is 11.5. The molecule has 0 amide bonds. The SMILES string of the molecule is Cc1cnc(SCCCCO)c2nnc(C(F)(F)F)n12. The van der Waals surface area contributed by atoms with Crippen molar-refractivity contribution >= 4 is 17.4 Å². The first-order valence-corrected chi connectivity index (χ1v) is 6.95. The summed E-state index contributed by atoms with van der Waals surface area (Å²) in [7, 11) is 0. The molecule has 5 nitrogen and oxygen atoms in total. The van der Waals surface area contributed by atoms with Gasteiger partial charge in [0.05, 0.1) is 0 Å². The lowest BCUT2D eigenvalue weighted by Gasteiger charge is -2.08. The molecule has 0 fully saturated rings. The Kier molecular flexibility index (Phi) is 4.48. The van der Waals surface area contributed by atoms with Gasteiger partial charge < -0.3 is 5.11 Å². The summed E-state index contributed by atoms with van der Waals surface area (Å²) in [6.07, 6.45) is -1.77. The van der Waals surface area contributed by atoms with Crippen LogP contribution >= 0.6 is 11.8 Å². The quantitative estimate of drug-likeness (QED) is 0.678. The fourth-order valence-electron chi connectivity index (χ4n) is 1.69. The summed E-state index contributed by atoms with van der Waals surface area (Å²) in [5.41, 5.74) is 0.448. The van der Waals surface area contributed by atoms with Gasteiger partial charge in [0.1, 0.15) is 5.03 Å². The van der Waals surface area contributed by atoms with Crippen LogP contribution in [0, 0.1) is 6.92 Å². The number of hydrogen-bond acceptors (Lipinski definition) is 5. The third-order valence-electron chi connectivity index (χ3n) is 2.62.